The summed E-state index contributed by atoms with van der Waals surface area (Å²) in [5, 5.41) is 16.2. The lowest BCUT2D eigenvalue weighted by molar-refractivity contribution is -0.137. The van der Waals surface area contributed by atoms with Gasteiger partial charge in [-0.3, -0.25) is 9.69 Å². The first-order valence-corrected chi connectivity index (χ1v) is 11.3. The van der Waals surface area contributed by atoms with E-state index >= 15 is 0 Å². The average Bonchev–Trinajstić information content (AvgIpc) is 2.73. The molecule has 10 heteroatoms. The average molecular weight is 466 g/mol. The van der Waals surface area contributed by atoms with Gasteiger partial charge in [-0.25, -0.2) is 9.97 Å². The summed E-state index contributed by atoms with van der Waals surface area (Å²) in [5.74, 6) is 0.297. The Hall–Kier alpha value is -2.46. The highest BCUT2D eigenvalue weighted by Crippen LogP contribution is 2.36. The second kappa shape index (κ2) is 9.06. The van der Waals surface area contributed by atoms with Crippen LogP contribution in [0.1, 0.15) is 45.1 Å². The molecule has 0 spiro atoms. The zero-order valence-corrected chi connectivity index (χ0v) is 18.8. The van der Waals surface area contributed by atoms with Gasteiger partial charge in [0, 0.05) is 24.5 Å². The minimum atomic E-state index is -4.47. The summed E-state index contributed by atoms with van der Waals surface area (Å²) < 4.78 is 39.1. The van der Waals surface area contributed by atoms with Crippen LogP contribution < -0.4 is 10.6 Å². The number of hydrogen-bond donors (Lipinski definition) is 3. The molecule has 7 nitrogen and oxygen atoms in total. The third kappa shape index (κ3) is 5.55. The number of carbonyl (C=O) groups is 1. The van der Waals surface area contributed by atoms with Gasteiger partial charge in [-0.15, -0.1) is 0 Å². The molecule has 1 amide bonds. The number of hydrogen-bond acceptors (Lipinski definition) is 6. The topological polar surface area (TPSA) is 90.4 Å². The van der Waals surface area contributed by atoms with Gasteiger partial charge in [0.2, 0.25) is 5.91 Å². The number of benzene rings is 1. The Morgan fingerprint density at radius 3 is 2.48 bits per heavy atom. The van der Waals surface area contributed by atoms with Gasteiger partial charge in [0.05, 0.1) is 29.3 Å². The molecule has 1 aromatic carbocycles. The fourth-order valence-corrected chi connectivity index (χ4v) is 4.87. The summed E-state index contributed by atoms with van der Waals surface area (Å²) in [5.41, 5.74) is -1.05. The summed E-state index contributed by atoms with van der Waals surface area (Å²) >= 11 is 0. The third-order valence-electron chi connectivity index (χ3n) is 6.87. The summed E-state index contributed by atoms with van der Waals surface area (Å²) in [6, 6.07) is 3.82. The quantitative estimate of drug-likeness (QED) is 0.607. The molecule has 3 N–H and O–H groups in total. The van der Waals surface area contributed by atoms with Crippen LogP contribution in [-0.4, -0.2) is 63.2 Å². The largest absolute Gasteiger partial charge is 0.416 e. The first-order valence-electron chi connectivity index (χ1n) is 11.3. The molecule has 2 heterocycles. The molecular formula is C23H30F3N5O2. The van der Waals surface area contributed by atoms with Crippen LogP contribution in [-0.2, 0) is 11.0 Å². The number of anilines is 1. The lowest BCUT2D eigenvalue weighted by atomic mass is 9.76. The van der Waals surface area contributed by atoms with Crippen molar-refractivity contribution in [2.24, 2.45) is 5.92 Å². The van der Waals surface area contributed by atoms with Crippen molar-refractivity contribution >= 4 is 22.6 Å². The van der Waals surface area contributed by atoms with Crippen LogP contribution in [0.15, 0.2) is 24.5 Å². The Balaban J connectivity index is 1.25. The zero-order chi connectivity index (χ0) is 23.8. The van der Waals surface area contributed by atoms with Crippen LogP contribution in [0.4, 0.5) is 19.0 Å². The molecule has 33 heavy (non-hydrogen) atoms. The van der Waals surface area contributed by atoms with Crippen LogP contribution in [0.3, 0.4) is 0 Å². The fraction of sp³-hybridized carbons (Fsp3) is 0.609. The molecule has 1 saturated heterocycles. The van der Waals surface area contributed by atoms with Gasteiger partial charge in [-0.05, 0) is 63.6 Å². The molecule has 1 aliphatic carbocycles. The van der Waals surface area contributed by atoms with Gasteiger partial charge in [0.15, 0.2) is 0 Å². The normalized spacial score (nSPS) is 22.7. The van der Waals surface area contributed by atoms with Crippen molar-refractivity contribution in [1.29, 1.82) is 0 Å². The van der Waals surface area contributed by atoms with Crippen LogP contribution in [0.5, 0.6) is 0 Å². The number of aromatic nitrogens is 2. The molecule has 1 aromatic heterocycles. The summed E-state index contributed by atoms with van der Waals surface area (Å²) in [6.07, 6.45) is 0.910. The van der Waals surface area contributed by atoms with Crippen LogP contribution >= 0.6 is 0 Å². The van der Waals surface area contributed by atoms with E-state index in [4.69, 9.17) is 0 Å². The molecule has 1 aliphatic heterocycles. The van der Waals surface area contributed by atoms with Crippen molar-refractivity contribution < 1.29 is 23.1 Å². The first kappa shape index (κ1) is 23.7. The highest BCUT2D eigenvalue weighted by atomic mass is 19.4. The molecule has 2 aromatic rings. The van der Waals surface area contributed by atoms with Crippen LogP contribution in [0.2, 0.25) is 0 Å². The molecule has 1 saturated carbocycles. The van der Waals surface area contributed by atoms with Gasteiger partial charge in [-0.1, -0.05) is 0 Å². The molecular weight excluding hydrogens is 435 g/mol. The molecule has 2 fully saturated rings. The Labute approximate surface area is 190 Å². The number of halogens is 3. The van der Waals surface area contributed by atoms with Crippen LogP contribution in [0.25, 0.3) is 10.9 Å². The van der Waals surface area contributed by atoms with E-state index in [-0.39, 0.29) is 29.7 Å². The van der Waals surface area contributed by atoms with Gasteiger partial charge < -0.3 is 15.7 Å². The van der Waals surface area contributed by atoms with Gasteiger partial charge in [0.25, 0.3) is 0 Å². The first-order chi connectivity index (χ1) is 15.5. The van der Waals surface area contributed by atoms with E-state index in [0.29, 0.717) is 17.5 Å². The monoisotopic (exact) mass is 465 g/mol. The molecule has 180 valence electrons. The van der Waals surface area contributed by atoms with Crippen LogP contribution in [0, 0.1) is 5.92 Å². The maximum Gasteiger partial charge on any atom is 0.416 e. The number of nitrogens with zero attached hydrogens (tertiary/aromatic N) is 3. The highest BCUT2D eigenvalue weighted by Gasteiger charge is 2.38. The van der Waals surface area contributed by atoms with Crippen molar-refractivity contribution in [3.8, 4) is 0 Å². The number of rotatable bonds is 6. The van der Waals surface area contributed by atoms with Crippen molar-refractivity contribution in [1.82, 2.24) is 20.2 Å². The lowest BCUT2D eigenvalue weighted by Gasteiger charge is -2.47. The minimum Gasteiger partial charge on any atom is -0.390 e. The summed E-state index contributed by atoms with van der Waals surface area (Å²) in [4.78, 5) is 22.8. The van der Waals surface area contributed by atoms with E-state index in [2.05, 4.69) is 25.5 Å². The second-order valence-electron chi connectivity index (χ2n) is 9.68. The Morgan fingerprint density at radius 1 is 1.15 bits per heavy atom. The van der Waals surface area contributed by atoms with Gasteiger partial charge in [-0.2, -0.15) is 13.2 Å². The predicted octanol–water partition coefficient (Wildman–Crippen LogP) is 3.19. The molecule has 2 aliphatic rings. The smallest absolute Gasteiger partial charge is 0.390 e. The Bertz CT molecular complexity index is 994. The SMILES string of the molecule is CC(C)(O)C1CCC(N2CC(NC(=O)CNc3ncnc4ccc(C(F)(F)F)cc34)C2)CC1. The van der Waals surface area contributed by atoms with Gasteiger partial charge >= 0.3 is 6.18 Å². The van der Waals surface area contributed by atoms with E-state index in [9.17, 15) is 23.1 Å². The molecule has 0 radical (unpaired) electrons. The number of alkyl halides is 3. The summed E-state index contributed by atoms with van der Waals surface area (Å²) in [7, 11) is 0. The maximum atomic E-state index is 13.0. The minimum absolute atomic E-state index is 0.0604. The van der Waals surface area contributed by atoms with E-state index in [1.807, 2.05) is 13.8 Å². The number of likely N-dealkylation sites (tertiary alicyclic amines) is 1. The van der Waals surface area contributed by atoms with Crippen molar-refractivity contribution in [3.05, 3.63) is 30.1 Å². The Morgan fingerprint density at radius 2 is 1.85 bits per heavy atom. The van der Waals surface area contributed by atoms with Crippen molar-refractivity contribution in [2.45, 2.75) is 63.4 Å². The third-order valence-corrected chi connectivity index (χ3v) is 6.87. The van der Waals surface area contributed by atoms with E-state index < -0.39 is 17.3 Å². The van der Waals surface area contributed by atoms with Gasteiger partial charge in [0.1, 0.15) is 12.1 Å². The van der Waals surface area contributed by atoms with Crippen molar-refractivity contribution in [2.75, 3.05) is 25.0 Å². The second-order valence-corrected chi connectivity index (χ2v) is 9.68. The van der Waals surface area contributed by atoms with E-state index in [1.165, 1.54) is 12.4 Å². The van der Waals surface area contributed by atoms with Crippen molar-refractivity contribution in [3.63, 3.8) is 0 Å². The number of nitrogens with one attached hydrogen (secondary N) is 2. The molecule has 4 rings (SSSR count). The number of carbonyl (C=O) groups excluding carboxylic acids is 1. The molecule has 0 atom stereocenters. The summed E-state index contributed by atoms with van der Waals surface area (Å²) in [6.45, 7) is 5.24. The molecule has 0 bridgehead atoms. The molecule has 0 unspecified atom stereocenters. The zero-order valence-electron chi connectivity index (χ0n) is 18.8. The fourth-order valence-electron chi connectivity index (χ4n) is 4.87. The number of amides is 1. The highest BCUT2D eigenvalue weighted by molar-refractivity contribution is 5.91. The lowest BCUT2D eigenvalue weighted by Crippen LogP contribution is -2.63. The number of fused-ring (bicyclic) bond motifs is 1. The number of aliphatic hydroxyl groups is 1. The Kier molecular flexibility index (Phi) is 6.50. The predicted molar refractivity (Wildman–Crippen MR) is 119 cm³/mol. The van der Waals surface area contributed by atoms with E-state index in [1.54, 1.807) is 0 Å². The maximum absolute atomic E-state index is 13.0. The van der Waals surface area contributed by atoms with E-state index in [0.717, 1.165) is 50.9 Å². The standard InChI is InChI=1S/C23H30F3N5O2/c1-22(2,33)14-3-6-17(7-4-14)31-11-16(12-31)30-20(32)10-27-21-18-9-15(23(24,25)26)5-8-19(18)28-13-29-21/h5,8-9,13-14,16-17,33H,3-4,6-7,10-12H2,1-2H3,(H,30,32)(H,27,28,29).